The molecule has 2 aromatic carbocycles. The van der Waals surface area contributed by atoms with E-state index in [1.54, 1.807) is 6.92 Å². The second-order valence-corrected chi connectivity index (χ2v) is 11.9. The number of amides is 2. The molecule has 218 valence electrons. The van der Waals surface area contributed by atoms with Gasteiger partial charge < -0.3 is 25.7 Å². The molecular formula is C34H44N4O3. The van der Waals surface area contributed by atoms with Crippen LogP contribution in [0.4, 0.5) is 0 Å². The van der Waals surface area contributed by atoms with Crippen LogP contribution in [0, 0.1) is 11.8 Å². The molecule has 4 N–H and O–H groups in total. The summed E-state index contributed by atoms with van der Waals surface area (Å²) in [5, 5.41) is 10.9. The molecule has 3 aromatic rings. The van der Waals surface area contributed by atoms with Gasteiger partial charge in [0.05, 0.1) is 6.04 Å². The number of H-pyrrole nitrogens is 1. The summed E-state index contributed by atoms with van der Waals surface area (Å²) in [7, 11) is 0. The molecule has 0 spiro atoms. The van der Waals surface area contributed by atoms with E-state index in [0.717, 1.165) is 54.4 Å². The molecule has 0 bridgehead atoms. The van der Waals surface area contributed by atoms with Crippen LogP contribution < -0.4 is 16.0 Å². The van der Waals surface area contributed by atoms with Gasteiger partial charge in [-0.3, -0.25) is 9.59 Å². The van der Waals surface area contributed by atoms with Crippen molar-refractivity contribution in [2.45, 2.75) is 83.2 Å². The molecule has 0 radical (unpaired) electrons. The average Bonchev–Trinajstić information content (AvgIpc) is 3.59. The quantitative estimate of drug-likeness (QED) is 0.215. The van der Waals surface area contributed by atoms with Gasteiger partial charge in [0, 0.05) is 29.6 Å². The number of nitrogens with one attached hydrogen (secondary N) is 4. The molecule has 7 heteroatoms. The SMILES string of the molecule is CC(=O)CCCCCC(NC(=O)C1NCC2CCCCC21)C(=O)NCCc1c(-c2ccccc2)[nH]c2ccccc12. The smallest absolute Gasteiger partial charge is 0.242 e. The minimum Gasteiger partial charge on any atom is -0.354 e. The number of ketones is 1. The van der Waals surface area contributed by atoms with Crippen molar-refractivity contribution >= 4 is 28.5 Å². The largest absolute Gasteiger partial charge is 0.354 e. The van der Waals surface area contributed by atoms with Crippen molar-refractivity contribution in [2.24, 2.45) is 11.8 Å². The van der Waals surface area contributed by atoms with Crippen LogP contribution in [0.1, 0.15) is 70.3 Å². The predicted molar refractivity (Wildman–Crippen MR) is 163 cm³/mol. The number of para-hydroxylation sites is 1. The minimum atomic E-state index is -0.583. The van der Waals surface area contributed by atoms with Gasteiger partial charge in [-0.1, -0.05) is 74.2 Å². The average molecular weight is 557 g/mol. The highest BCUT2D eigenvalue weighted by Gasteiger charge is 2.41. The Kier molecular flexibility index (Phi) is 9.88. The van der Waals surface area contributed by atoms with E-state index in [-0.39, 0.29) is 23.6 Å². The van der Waals surface area contributed by atoms with Crippen molar-refractivity contribution in [3.8, 4) is 11.3 Å². The molecule has 2 fully saturated rings. The van der Waals surface area contributed by atoms with E-state index >= 15 is 0 Å². The van der Waals surface area contributed by atoms with E-state index in [1.165, 1.54) is 24.8 Å². The number of benzene rings is 2. The van der Waals surface area contributed by atoms with Crippen molar-refractivity contribution < 1.29 is 14.4 Å². The van der Waals surface area contributed by atoms with Gasteiger partial charge in [-0.05, 0) is 74.6 Å². The number of fused-ring (bicyclic) bond motifs is 2. The Bertz CT molecular complexity index is 1330. The summed E-state index contributed by atoms with van der Waals surface area (Å²) in [6, 6.07) is 17.7. The Balaban J connectivity index is 1.24. The van der Waals surface area contributed by atoms with E-state index in [4.69, 9.17) is 0 Å². The van der Waals surface area contributed by atoms with Crippen LogP contribution in [-0.2, 0) is 20.8 Å². The lowest BCUT2D eigenvalue weighted by molar-refractivity contribution is -0.130. The van der Waals surface area contributed by atoms with E-state index in [2.05, 4.69) is 45.2 Å². The lowest BCUT2D eigenvalue weighted by atomic mass is 9.78. The van der Waals surface area contributed by atoms with Crippen LogP contribution in [0.5, 0.6) is 0 Å². The normalized spacial score (nSPS) is 20.9. The molecule has 1 saturated heterocycles. The Hall–Kier alpha value is -3.45. The summed E-state index contributed by atoms with van der Waals surface area (Å²) in [5.74, 6) is 0.930. The second-order valence-electron chi connectivity index (χ2n) is 11.9. The molecule has 2 aliphatic rings. The number of hydrogen-bond acceptors (Lipinski definition) is 4. The third-order valence-electron chi connectivity index (χ3n) is 8.98. The molecular weight excluding hydrogens is 512 g/mol. The highest BCUT2D eigenvalue weighted by atomic mass is 16.2. The van der Waals surface area contributed by atoms with E-state index in [0.29, 0.717) is 37.6 Å². The molecule has 1 aliphatic heterocycles. The maximum absolute atomic E-state index is 13.5. The molecule has 1 aliphatic carbocycles. The van der Waals surface area contributed by atoms with Gasteiger partial charge in [0.2, 0.25) is 11.8 Å². The van der Waals surface area contributed by atoms with Crippen molar-refractivity contribution in [1.29, 1.82) is 0 Å². The van der Waals surface area contributed by atoms with Gasteiger partial charge in [0.15, 0.2) is 0 Å². The number of carbonyl (C=O) groups is 3. The van der Waals surface area contributed by atoms with Crippen molar-refractivity contribution in [3.63, 3.8) is 0 Å². The fraction of sp³-hybridized carbons (Fsp3) is 0.500. The van der Waals surface area contributed by atoms with Crippen LogP contribution in [0.3, 0.4) is 0 Å². The summed E-state index contributed by atoms with van der Waals surface area (Å²) in [4.78, 5) is 41.8. The molecule has 2 heterocycles. The Labute approximate surface area is 243 Å². The molecule has 1 saturated carbocycles. The fourth-order valence-electron chi connectivity index (χ4n) is 6.82. The first-order valence-corrected chi connectivity index (χ1v) is 15.5. The van der Waals surface area contributed by atoms with Crippen LogP contribution in [-0.4, -0.2) is 47.8 Å². The van der Waals surface area contributed by atoms with Crippen LogP contribution >= 0.6 is 0 Å². The number of rotatable bonds is 13. The topological polar surface area (TPSA) is 103 Å². The number of Topliss-reactive ketones (excluding diaryl/α,β-unsaturated/α-hetero) is 1. The van der Waals surface area contributed by atoms with E-state index < -0.39 is 6.04 Å². The highest BCUT2D eigenvalue weighted by Crippen LogP contribution is 2.36. The molecule has 7 nitrogen and oxygen atoms in total. The van der Waals surface area contributed by atoms with Crippen molar-refractivity contribution in [2.75, 3.05) is 13.1 Å². The summed E-state index contributed by atoms with van der Waals surface area (Å²) in [6.07, 6.45) is 8.94. The summed E-state index contributed by atoms with van der Waals surface area (Å²) >= 11 is 0. The fourth-order valence-corrected chi connectivity index (χ4v) is 6.82. The zero-order valence-corrected chi connectivity index (χ0v) is 24.2. The van der Waals surface area contributed by atoms with Gasteiger partial charge in [-0.2, -0.15) is 0 Å². The zero-order valence-electron chi connectivity index (χ0n) is 24.2. The van der Waals surface area contributed by atoms with Crippen LogP contribution in [0.25, 0.3) is 22.2 Å². The van der Waals surface area contributed by atoms with Crippen molar-refractivity contribution in [3.05, 3.63) is 60.2 Å². The number of carbonyl (C=O) groups excluding carboxylic acids is 3. The monoisotopic (exact) mass is 556 g/mol. The molecule has 5 rings (SSSR count). The lowest BCUT2D eigenvalue weighted by Crippen LogP contribution is -2.53. The first-order valence-electron chi connectivity index (χ1n) is 15.5. The third-order valence-corrected chi connectivity index (χ3v) is 8.98. The molecule has 1 aromatic heterocycles. The molecule has 4 atom stereocenters. The van der Waals surface area contributed by atoms with E-state index in [9.17, 15) is 14.4 Å². The Morgan fingerprint density at radius 3 is 2.56 bits per heavy atom. The van der Waals surface area contributed by atoms with Crippen molar-refractivity contribution in [1.82, 2.24) is 20.9 Å². The molecule has 4 unspecified atom stereocenters. The number of aromatic nitrogens is 1. The number of hydrogen-bond donors (Lipinski definition) is 4. The zero-order chi connectivity index (χ0) is 28.6. The summed E-state index contributed by atoms with van der Waals surface area (Å²) < 4.78 is 0. The molecule has 41 heavy (non-hydrogen) atoms. The van der Waals surface area contributed by atoms with Gasteiger partial charge in [-0.25, -0.2) is 0 Å². The summed E-state index contributed by atoms with van der Waals surface area (Å²) in [6.45, 7) is 2.98. The standard InChI is InChI=1S/C34H44N4O3/c1-23(39)12-4-2-7-19-30(38-34(41)32-26-16-9-8-15-25(26)22-36-32)33(40)35-21-20-28-27-17-10-11-18-29(27)37-31(28)24-13-5-3-6-14-24/h3,5-6,10-11,13-14,17-18,25-26,30,32,36-37H,2,4,7-9,12,15-16,19-22H2,1H3,(H,35,40)(H,38,41). The van der Waals surface area contributed by atoms with Crippen LogP contribution in [0.15, 0.2) is 54.6 Å². The number of unbranched alkanes of at least 4 members (excludes halogenated alkanes) is 2. The maximum Gasteiger partial charge on any atom is 0.242 e. The minimum absolute atomic E-state index is 0.0497. The van der Waals surface area contributed by atoms with Gasteiger partial charge in [0.1, 0.15) is 11.8 Å². The Morgan fingerprint density at radius 2 is 1.73 bits per heavy atom. The van der Waals surface area contributed by atoms with Gasteiger partial charge >= 0.3 is 0 Å². The summed E-state index contributed by atoms with van der Waals surface area (Å²) in [5.41, 5.74) is 4.44. The number of aromatic amines is 1. The predicted octanol–water partition coefficient (Wildman–Crippen LogP) is 5.30. The lowest BCUT2D eigenvalue weighted by Gasteiger charge is -2.28. The molecule has 2 amide bonds. The van der Waals surface area contributed by atoms with Gasteiger partial charge in [0.25, 0.3) is 0 Å². The first kappa shape index (κ1) is 29.1. The highest BCUT2D eigenvalue weighted by molar-refractivity contribution is 5.92. The maximum atomic E-state index is 13.5. The van der Waals surface area contributed by atoms with Crippen LogP contribution in [0.2, 0.25) is 0 Å². The second kappa shape index (κ2) is 13.9. The van der Waals surface area contributed by atoms with Gasteiger partial charge in [-0.15, -0.1) is 0 Å². The Morgan fingerprint density at radius 1 is 0.951 bits per heavy atom. The first-order chi connectivity index (χ1) is 20.0. The third kappa shape index (κ3) is 7.25. The van der Waals surface area contributed by atoms with E-state index in [1.807, 2.05) is 30.3 Å².